The Balaban J connectivity index is 0.000000151. The normalized spacial score (nSPS) is 16.2. The summed E-state index contributed by atoms with van der Waals surface area (Å²) < 4.78 is 29.3. The van der Waals surface area contributed by atoms with E-state index in [1.165, 1.54) is 94.2 Å². The number of halogens is 1. The molecule has 8 rings (SSSR count). The summed E-state index contributed by atoms with van der Waals surface area (Å²) in [6.07, 6.45) is 18.2. The average Bonchev–Trinajstić information content (AvgIpc) is 3.96. The second-order valence-corrected chi connectivity index (χ2v) is 17.5. The lowest BCUT2D eigenvalue weighted by atomic mass is 9.92. The molecule has 2 aromatic heterocycles. The van der Waals surface area contributed by atoms with Crippen LogP contribution in [0.15, 0.2) is 46.7 Å². The van der Waals surface area contributed by atoms with E-state index in [1.54, 1.807) is 33.9 Å². The number of hydrogen-bond donors (Lipinski definition) is 2. The molecule has 2 atom stereocenters. The van der Waals surface area contributed by atoms with E-state index in [2.05, 4.69) is 27.1 Å². The van der Waals surface area contributed by atoms with Crippen LogP contribution in [0.1, 0.15) is 121 Å². The number of nitrogens with one attached hydrogen (secondary N) is 1. The van der Waals surface area contributed by atoms with Gasteiger partial charge in [-0.2, -0.15) is 10.2 Å². The predicted molar refractivity (Wildman–Crippen MR) is 210 cm³/mol. The van der Waals surface area contributed by atoms with Crippen LogP contribution in [0, 0.1) is 0 Å². The Morgan fingerprint density at radius 1 is 0.698 bits per heavy atom. The Morgan fingerprint density at radius 3 is 1.45 bits per heavy atom. The van der Waals surface area contributed by atoms with Crippen molar-refractivity contribution in [1.82, 2.24) is 24.3 Å². The second kappa shape index (κ2) is 17.3. The van der Waals surface area contributed by atoms with Crippen molar-refractivity contribution in [1.29, 1.82) is 0 Å². The van der Waals surface area contributed by atoms with Gasteiger partial charge in [-0.15, -0.1) is 0 Å². The van der Waals surface area contributed by atoms with E-state index < -0.39 is 22.0 Å². The van der Waals surface area contributed by atoms with Gasteiger partial charge in [0.2, 0.25) is 11.1 Å². The van der Waals surface area contributed by atoms with Crippen LogP contribution in [0.2, 0.25) is 0 Å². The minimum Gasteiger partial charge on any atom is -0.281 e. The number of nitrogens with two attached hydrogens (primary N) is 1. The Kier molecular flexibility index (Phi) is 12.8. The third-order valence-corrected chi connectivity index (χ3v) is 12.5. The zero-order valence-electron chi connectivity index (χ0n) is 31.2. The monoisotopic (exact) mass is 778 g/mol. The Hall–Kier alpha value is -3.45. The molecule has 3 N–H and O–H groups in total. The predicted octanol–water partition coefficient (Wildman–Crippen LogP) is 6.24. The fourth-order valence-corrected chi connectivity index (χ4v) is 9.45. The quantitative estimate of drug-likeness (QED) is 0.193. The molecule has 0 saturated carbocycles. The van der Waals surface area contributed by atoms with Crippen LogP contribution in [0.4, 0.5) is 0 Å². The summed E-state index contributed by atoms with van der Waals surface area (Å²) in [5.74, 6) is -0.183. The summed E-state index contributed by atoms with van der Waals surface area (Å²) in [6, 6.07) is 8.60. The van der Waals surface area contributed by atoms with Crippen LogP contribution in [-0.2, 0) is 95.8 Å². The summed E-state index contributed by atoms with van der Waals surface area (Å²) in [7, 11) is -3.07. The topological polar surface area (TPSA) is 142 Å². The molecule has 0 fully saturated rings. The fourth-order valence-electron chi connectivity index (χ4n) is 8.21. The first-order valence-electron chi connectivity index (χ1n) is 18.9. The molecule has 10 nitrogen and oxygen atoms in total. The van der Waals surface area contributed by atoms with Gasteiger partial charge in [0.15, 0.2) is 21.0 Å². The lowest BCUT2D eigenvalue weighted by molar-refractivity contribution is -0.118. The molecular formula is C40H51ClN6O4S2. The maximum atomic E-state index is 12.6. The SMILES string of the molecule is CC(C)n1ccc(S(=O)NC(=O)Cc2c3c(cc4c2CCC4)CCC3)n1.CC(C)n1ccc(S(N)=O)n1.O=C(Cl)Cc1c2c(cc3c1CCC3)CCC2. The van der Waals surface area contributed by atoms with Crippen molar-refractivity contribution in [3.05, 3.63) is 92.3 Å². The van der Waals surface area contributed by atoms with Gasteiger partial charge in [0, 0.05) is 30.9 Å². The number of hydrogen-bond acceptors (Lipinski definition) is 6. The van der Waals surface area contributed by atoms with E-state index in [0.717, 1.165) is 38.5 Å². The molecule has 1 amide bonds. The third kappa shape index (κ3) is 9.27. The molecular weight excluding hydrogens is 728 g/mol. The number of carbonyl (C=O) groups is 2. The van der Waals surface area contributed by atoms with E-state index in [9.17, 15) is 18.0 Å². The van der Waals surface area contributed by atoms with Gasteiger partial charge in [-0.05, 0) is 184 Å². The molecule has 4 aliphatic rings. The largest absolute Gasteiger partial charge is 0.281 e. The Bertz CT molecular complexity index is 1990. The minimum absolute atomic E-state index is 0.183. The van der Waals surface area contributed by atoms with Gasteiger partial charge in [0.1, 0.15) is 11.0 Å². The summed E-state index contributed by atoms with van der Waals surface area (Å²) in [6.45, 7) is 8.01. The smallest absolute Gasteiger partial charge is 0.236 e. The van der Waals surface area contributed by atoms with Gasteiger partial charge < -0.3 is 0 Å². The molecule has 0 saturated heterocycles. The molecule has 2 heterocycles. The highest BCUT2D eigenvalue weighted by Gasteiger charge is 2.26. The van der Waals surface area contributed by atoms with Crippen molar-refractivity contribution in [3.63, 3.8) is 0 Å². The maximum Gasteiger partial charge on any atom is 0.236 e. The molecule has 4 aromatic rings. The molecule has 13 heteroatoms. The summed E-state index contributed by atoms with van der Waals surface area (Å²) >= 11 is 5.58. The van der Waals surface area contributed by atoms with Gasteiger partial charge in [0.25, 0.3) is 0 Å². The van der Waals surface area contributed by atoms with E-state index in [4.69, 9.17) is 16.7 Å². The van der Waals surface area contributed by atoms with Crippen molar-refractivity contribution in [2.24, 2.45) is 5.14 Å². The van der Waals surface area contributed by atoms with E-state index in [1.807, 2.05) is 27.7 Å². The van der Waals surface area contributed by atoms with Gasteiger partial charge in [-0.25, -0.2) is 13.6 Å². The molecule has 0 bridgehead atoms. The average molecular weight is 779 g/mol. The molecule has 284 valence electrons. The lowest BCUT2D eigenvalue weighted by Gasteiger charge is -2.14. The summed E-state index contributed by atoms with van der Waals surface area (Å²) in [5, 5.41) is 14.0. The van der Waals surface area contributed by atoms with Crippen LogP contribution in [0.5, 0.6) is 0 Å². The fraction of sp³-hybridized carbons (Fsp3) is 0.500. The number of carbonyl (C=O) groups excluding carboxylic acids is 2. The first-order chi connectivity index (χ1) is 25.4. The van der Waals surface area contributed by atoms with Gasteiger partial charge in [-0.3, -0.25) is 23.7 Å². The van der Waals surface area contributed by atoms with Crippen LogP contribution in [-0.4, -0.2) is 39.1 Å². The van der Waals surface area contributed by atoms with Gasteiger partial charge in [0.05, 0.1) is 6.42 Å². The van der Waals surface area contributed by atoms with Crippen LogP contribution in [0.25, 0.3) is 0 Å². The second-order valence-electron chi connectivity index (χ2n) is 14.9. The highest BCUT2D eigenvalue weighted by molar-refractivity contribution is 7.83. The van der Waals surface area contributed by atoms with Crippen LogP contribution < -0.4 is 9.86 Å². The van der Waals surface area contributed by atoms with Crippen molar-refractivity contribution in [2.45, 2.75) is 140 Å². The standard InChI is InChI=1S/C20H25N3O2S.C14H15ClO.C6H11N3OS/c1-13(2)23-10-9-20(21-23)26(25)22-19(24)12-18-16-7-3-5-14(16)11-15-6-4-8-17(15)18;15-14(16)8-13-11-5-1-3-9(11)7-10-4-2-6-12(10)13;1-5(2)9-4-3-6(8-9)11(7)10/h9-11,13H,3-8,12H2,1-2H3,(H,22,24);7H,1-6,8H2;3-5H,7H2,1-2H3. The van der Waals surface area contributed by atoms with E-state index in [-0.39, 0.29) is 23.2 Å². The summed E-state index contributed by atoms with van der Waals surface area (Å²) in [4.78, 5) is 23.8. The van der Waals surface area contributed by atoms with Gasteiger partial charge in [-0.1, -0.05) is 12.1 Å². The Labute approximate surface area is 322 Å². The molecule has 0 spiro atoms. The number of amides is 1. The number of nitrogens with zero attached hydrogens (tertiary/aromatic N) is 4. The van der Waals surface area contributed by atoms with Crippen molar-refractivity contribution >= 4 is 44.7 Å². The van der Waals surface area contributed by atoms with E-state index >= 15 is 0 Å². The highest BCUT2D eigenvalue weighted by atomic mass is 35.5. The molecule has 0 aliphatic heterocycles. The lowest BCUT2D eigenvalue weighted by Crippen LogP contribution is -2.28. The third-order valence-electron chi connectivity index (χ3n) is 10.7. The van der Waals surface area contributed by atoms with Crippen molar-refractivity contribution in [2.75, 3.05) is 0 Å². The highest BCUT2D eigenvalue weighted by Crippen LogP contribution is 2.36. The Morgan fingerprint density at radius 2 is 1.09 bits per heavy atom. The van der Waals surface area contributed by atoms with Crippen molar-refractivity contribution in [3.8, 4) is 0 Å². The number of fused-ring (bicyclic) bond motifs is 4. The number of aryl methyl sites for hydroxylation is 4. The van der Waals surface area contributed by atoms with Crippen molar-refractivity contribution < 1.29 is 18.0 Å². The van der Waals surface area contributed by atoms with Gasteiger partial charge >= 0.3 is 0 Å². The molecule has 2 aromatic carbocycles. The van der Waals surface area contributed by atoms with Crippen LogP contribution >= 0.6 is 11.6 Å². The molecule has 0 radical (unpaired) electrons. The maximum absolute atomic E-state index is 12.6. The number of aromatic nitrogens is 4. The van der Waals surface area contributed by atoms with E-state index in [0.29, 0.717) is 22.9 Å². The first kappa shape index (κ1) is 39.2. The molecule has 4 aliphatic carbocycles. The zero-order valence-corrected chi connectivity index (χ0v) is 33.6. The zero-order chi connectivity index (χ0) is 37.8. The molecule has 2 unspecified atom stereocenters. The number of rotatable bonds is 9. The minimum atomic E-state index is -1.61. The number of benzene rings is 2. The molecule has 53 heavy (non-hydrogen) atoms. The van der Waals surface area contributed by atoms with Crippen LogP contribution in [0.3, 0.4) is 0 Å². The summed E-state index contributed by atoms with van der Waals surface area (Å²) in [5.41, 5.74) is 13.9. The first-order valence-corrected chi connectivity index (χ1v) is 21.6.